The van der Waals surface area contributed by atoms with Crippen LogP contribution >= 0.6 is 11.3 Å². The smallest absolute Gasteiger partial charge is 0.270 e. The highest BCUT2D eigenvalue weighted by atomic mass is 32.1. The highest BCUT2D eigenvalue weighted by Gasteiger charge is 2.18. The minimum absolute atomic E-state index is 0.00901. The van der Waals surface area contributed by atoms with Crippen LogP contribution in [-0.2, 0) is 6.42 Å². The summed E-state index contributed by atoms with van der Waals surface area (Å²) in [6.45, 7) is 3.12. The first-order valence-corrected chi connectivity index (χ1v) is 9.36. The molecule has 0 saturated carbocycles. The molecule has 140 valence electrons. The number of nitrogens with zero attached hydrogens (tertiary/aromatic N) is 4. The number of rotatable bonds is 8. The summed E-state index contributed by atoms with van der Waals surface area (Å²) < 4.78 is 5.25. The van der Waals surface area contributed by atoms with Crippen LogP contribution in [0.15, 0.2) is 46.3 Å². The van der Waals surface area contributed by atoms with Crippen LogP contribution in [-0.4, -0.2) is 39.0 Å². The van der Waals surface area contributed by atoms with Gasteiger partial charge in [-0.05, 0) is 17.9 Å². The average Bonchev–Trinajstić information content (AvgIpc) is 3.36. The van der Waals surface area contributed by atoms with Crippen molar-refractivity contribution in [3.8, 4) is 11.4 Å². The number of hydrogen-bond acceptors (Lipinski definition) is 7. The van der Waals surface area contributed by atoms with E-state index in [2.05, 4.69) is 10.1 Å². The third-order valence-electron chi connectivity index (χ3n) is 3.89. The Bertz CT molecular complexity index is 923. The number of carbonyl (C=O) groups is 1. The van der Waals surface area contributed by atoms with Gasteiger partial charge >= 0.3 is 0 Å². The third-order valence-corrected chi connectivity index (χ3v) is 4.75. The van der Waals surface area contributed by atoms with E-state index >= 15 is 0 Å². The molecular formula is C18H18N4O4S. The second-order valence-electron chi connectivity index (χ2n) is 5.84. The van der Waals surface area contributed by atoms with E-state index in [4.69, 9.17) is 4.52 Å². The van der Waals surface area contributed by atoms with Crippen molar-refractivity contribution in [1.29, 1.82) is 0 Å². The van der Waals surface area contributed by atoms with E-state index in [0.29, 0.717) is 41.7 Å². The highest BCUT2D eigenvalue weighted by molar-refractivity contribution is 7.12. The van der Waals surface area contributed by atoms with Crippen LogP contribution in [0.2, 0.25) is 0 Å². The van der Waals surface area contributed by atoms with Gasteiger partial charge in [-0.3, -0.25) is 14.9 Å². The zero-order chi connectivity index (χ0) is 19.2. The summed E-state index contributed by atoms with van der Waals surface area (Å²) in [6.07, 6.45) is 1.26. The van der Waals surface area contributed by atoms with Gasteiger partial charge in [0.1, 0.15) is 0 Å². The number of non-ortho nitro benzene ring substituents is 1. The molecule has 3 aromatic rings. The SMILES string of the molecule is CCCN(CCc1nc(-c2cccc([N+](=O)[O-])c2)no1)C(=O)c1cccs1. The molecule has 8 nitrogen and oxygen atoms in total. The number of carbonyl (C=O) groups excluding carboxylic acids is 1. The maximum atomic E-state index is 12.6. The third kappa shape index (κ3) is 4.56. The van der Waals surface area contributed by atoms with Gasteiger partial charge in [0.05, 0.1) is 9.80 Å². The normalized spacial score (nSPS) is 10.7. The van der Waals surface area contributed by atoms with E-state index in [0.717, 1.165) is 6.42 Å². The fourth-order valence-corrected chi connectivity index (χ4v) is 3.29. The molecule has 1 amide bonds. The van der Waals surface area contributed by atoms with Crippen LogP contribution in [0.4, 0.5) is 5.69 Å². The summed E-state index contributed by atoms with van der Waals surface area (Å²) >= 11 is 1.41. The van der Waals surface area contributed by atoms with Crippen molar-refractivity contribution in [2.24, 2.45) is 0 Å². The van der Waals surface area contributed by atoms with Crippen LogP contribution in [0, 0.1) is 10.1 Å². The van der Waals surface area contributed by atoms with Gasteiger partial charge in [-0.1, -0.05) is 30.3 Å². The zero-order valence-corrected chi connectivity index (χ0v) is 15.5. The Kier molecular flexibility index (Phi) is 5.92. The van der Waals surface area contributed by atoms with Crippen LogP contribution < -0.4 is 0 Å². The highest BCUT2D eigenvalue weighted by Crippen LogP contribution is 2.21. The summed E-state index contributed by atoms with van der Waals surface area (Å²) in [5.41, 5.74) is 0.480. The van der Waals surface area contributed by atoms with Crippen LogP contribution in [0.5, 0.6) is 0 Å². The Balaban J connectivity index is 1.68. The van der Waals surface area contributed by atoms with Gasteiger partial charge in [-0.25, -0.2) is 0 Å². The van der Waals surface area contributed by atoms with Gasteiger partial charge in [0.2, 0.25) is 11.7 Å². The lowest BCUT2D eigenvalue weighted by Crippen LogP contribution is -2.33. The predicted molar refractivity (Wildman–Crippen MR) is 101 cm³/mol. The maximum Gasteiger partial charge on any atom is 0.270 e. The van der Waals surface area contributed by atoms with Gasteiger partial charge in [0.15, 0.2) is 0 Å². The minimum Gasteiger partial charge on any atom is -0.339 e. The van der Waals surface area contributed by atoms with Gasteiger partial charge in [0.25, 0.3) is 11.6 Å². The number of amides is 1. The Hall–Kier alpha value is -3.07. The summed E-state index contributed by atoms with van der Waals surface area (Å²) in [5, 5.41) is 16.7. The van der Waals surface area contributed by atoms with E-state index in [1.54, 1.807) is 17.0 Å². The molecule has 2 aromatic heterocycles. The largest absolute Gasteiger partial charge is 0.339 e. The Morgan fingerprint density at radius 2 is 2.15 bits per heavy atom. The molecule has 0 spiro atoms. The summed E-state index contributed by atoms with van der Waals surface area (Å²) in [7, 11) is 0. The molecule has 2 heterocycles. The summed E-state index contributed by atoms with van der Waals surface area (Å²) in [6, 6.07) is 9.73. The molecule has 0 aliphatic rings. The van der Waals surface area contributed by atoms with Crippen LogP contribution in [0.1, 0.15) is 28.9 Å². The maximum absolute atomic E-state index is 12.6. The van der Waals surface area contributed by atoms with Crippen molar-refractivity contribution in [3.63, 3.8) is 0 Å². The molecule has 0 saturated heterocycles. The molecule has 0 aliphatic heterocycles. The number of nitro groups is 1. The molecule has 0 atom stereocenters. The monoisotopic (exact) mass is 386 g/mol. The second-order valence-corrected chi connectivity index (χ2v) is 6.79. The summed E-state index contributed by atoms with van der Waals surface area (Å²) in [4.78, 5) is 29.7. The fourth-order valence-electron chi connectivity index (χ4n) is 2.60. The molecule has 0 bridgehead atoms. The molecule has 27 heavy (non-hydrogen) atoms. The Morgan fingerprint density at radius 1 is 1.30 bits per heavy atom. The minimum atomic E-state index is -0.469. The van der Waals surface area contributed by atoms with Crippen molar-refractivity contribution < 1.29 is 14.2 Å². The lowest BCUT2D eigenvalue weighted by molar-refractivity contribution is -0.384. The van der Waals surface area contributed by atoms with Gasteiger partial charge in [-0.2, -0.15) is 4.98 Å². The number of aromatic nitrogens is 2. The van der Waals surface area contributed by atoms with Gasteiger partial charge in [-0.15, -0.1) is 11.3 Å². The van der Waals surface area contributed by atoms with Crippen molar-refractivity contribution in [2.75, 3.05) is 13.1 Å². The topological polar surface area (TPSA) is 102 Å². The predicted octanol–water partition coefficient (Wildman–Crippen LogP) is 3.80. The lowest BCUT2D eigenvalue weighted by atomic mass is 10.2. The molecule has 0 radical (unpaired) electrons. The second kappa shape index (κ2) is 8.54. The number of benzene rings is 1. The molecular weight excluding hydrogens is 368 g/mol. The van der Waals surface area contributed by atoms with Crippen molar-refractivity contribution in [1.82, 2.24) is 15.0 Å². The van der Waals surface area contributed by atoms with Crippen LogP contribution in [0.3, 0.4) is 0 Å². The van der Waals surface area contributed by atoms with Gasteiger partial charge in [0, 0.05) is 37.2 Å². The zero-order valence-electron chi connectivity index (χ0n) is 14.7. The molecule has 0 aliphatic carbocycles. The number of nitro benzene ring substituents is 1. The number of thiophene rings is 1. The Labute approximate surface area is 159 Å². The number of hydrogen-bond donors (Lipinski definition) is 0. The van der Waals surface area contributed by atoms with E-state index in [9.17, 15) is 14.9 Å². The first-order valence-electron chi connectivity index (χ1n) is 8.48. The first-order chi connectivity index (χ1) is 13.1. The molecule has 0 unspecified atom stereocenters. The van der Waals surface area contributed by atoms with Crippen molar-refractivity contribution in [3.05, 3.63) is 62.7 Å². The molecule has 0 N–H and O–H groups in total. The van der Waals surface area contributed by atoms with Crippen molar-refractivity contribution in [2.45, 2.75) is 19.8 Å². The Morgan fingerprint density at radius 3 is 2.85 bits per heavy atom. The quantitative estimate of drug-likeness (QED) is 0.431. The van der Waals surface area contributed by atoms with E-state index < -0.39 is 4.92 Å². The average molecular weight is 386 g/mol. The van der Waals surface area contributed by atoms with E-state index in [1.807, 2.05) is 24.4 Å². The molecule has 0 fully saturated rings. The lowest BCUT2D eigenvalue weighted by Gasteiger charge is -2.20. The van der Waals surface area contributed by atoms with Gasteiger partial charge < -0.3 is 9.42 Å². The van der Waals surface area contributed by atoms with Crippen LogP contribution in [0.25, 0.3) is 11.4 Å². The van der Waals surface area contributed by atoms with Crippen molar-refractivity contribution >= 4 is 22.9 Å². The standard InChI is InChI=1S/C18H18N4O4S/c1-2-9-21(18(23)15-7-4-11-27-15)10-8-16-19-17(20-26-16)13-5-3-6-14(12-13)22(24)25/h3-7,11-12H,2,8-10H2,1H3. The first kappa shape index (κ1) is 18.7. The molecule has 9 heteroatoms. The fraction of sp³-hybridized carbons (Fsp3) is 0.278. The van der Waals surface area contributed by atoms with E-state index in [-0.39, 0.29) is 11.6 Å². The summed E-state index contributed by atoms with van der Waals surface area (Å²) in [5.74, 6) is 0.669. The molecule has 1 aromatic carbocycles. The van der Waals surface area contributed by atoms with E-state index in [1.165, 1.54) is 23.5 Å². The molecule has 3 rings (SSSR count).